The lowest BCUT2D eigenvalue weighted by atomic mass is 10.3. The first-order chi connectivity index (χ1) is 7.65. The second-order valence-corrected chi connectivity index (χ2v) is 3.87. The average Bonchev–Trinajstić information content (AvgIpc) is 2.26. The predicted molar refractivity (Wildman–Crippen MR) is 66.4 cm³/mol. The number of nitrogens with zero attached hydrogens (tertiary/aromatic N) is 1. The molecule has 0 aromatic heterocycles. The van der Waals surface area contributed by atoms with Crippen molar-refractivity contribution in [3.05, 3.63) is 30.3 Å². The number of hydrogen-bond donors (Lipinski definition) is 2. The molecule has 4 heteroatoms. The molecule has 0 bridgehead atoms. The Labute approximate surface area is 96.4 Å². The van der Waals surface area contributed by atoms with E-state index in [2.05, 4.69) is 5.32 Å². The van der Waals surface area contributed by atoms with Gasteiger partial charge in [-0.05, 0) is 26.0 Å². The number of amides is 2. The monoisotopic (exact) mass is 221 g/mol. The maximum absolute atomic E-state index is 11.9. The van der Waals surface area contributed by atoms with E-state index in [0.29, 0.717) is 13.1 Å². The van der Waals surface area contributed by atoms with Gasteiger partial charge in [0, 0.05) is 24.8 Å². The number of anilines is 1. The Balaban J connectivity index is 2.62. The van der Waals surface area contributed by atoms with Crippen LogP contribution in [0.5, 0.6) is 0 Å². The van der Waals surface area contributed by atoms with Crippen LogP contribution in [0.25, 0.3) is 0 Å². The molecule has 0 radical (unpaired) electrons. The van der Waals surface area contributed by atoms with Gasteiger partial charge in [0.15, 0.2) is 0 Å². The molecule has 0 fully saturated rings. The van der Waals surface area contributed by atoms with Gasteiger partial charge in [0.2, 0.25) is 0 Å². The van der Waals surface area contributed by atoms with Crippen molar-refractivity contribution in [2.75, 3.05) is 18.4 Å². The summed E-state index contributed by atoms with van der Waals surface area (Å²) in [6.45, 7) is 4.98. The molecule has 1 aromatic carbocycles. The summed E-state index contributed by atoms with van der Waals surface area (Å²) in [5, 5.41) is 2.84. The minimum atomic E-state index is -0.105. The molecule has 0 unspecified atom stereocenters. The third-order valence-electron chi connectivity index (χ3n) is 2.28. The van der Waals surface area contributed by atoms with E-state index in [1.807, 2.05) is 44.2 Å². The number of urea groups is 1. The van der Waals surface area contributed by atoms with Crippen molar-refractivity contribution >= 4 is 11.7 Å². The molecule has 2 amide bonds. The summed E-state index contributed by atoms with van der Waals surface area (Å²) in [6.07, 6.45) is 0. The Morgan fingerprint density at radius 3 is 2.50 bits per heavy atom. The number of rotatable bonds is 4. The van der Waals surface area contributed by atoms with Crippen molar-refractivity contribution in [3.63, 3.8) is 0 Å². The molecule has 88 valence electrons. The zero-order valence-corrected chi connectivity index (χ0v) is 9.81. The summed E-state index contributed by atoms with van der Waals surface area (Å²) in [5.41, 5.74) is 6.28. The molecule has 0 heterocycles. The van der Waals surface area contributed by atoms with E-state index in [9.17, 15) is 4.79 Å². The van der Waals surface area contributed by atoms with Gasteiger partial charge in [-0.2, -0.15) is 0 Å². The van der Waals surface area contributed by atoms with E-state index in [0.717, 1.165) is 5.69 Å². The van der Waals surface area contributed by atoms with Crippen LogP contribution in [0.2, 0.25) is 0 Å². The summed E-state index contributed by atoms with van der Waals surface area (Å²) in [4.78, 5) is 13.6. The fourth-order valence-corrected chi connectivity index (χ4v) is 1.45. The van der Waals surface area contributed by atoms with Crippen molar-refractivity contribution < 1.29 is 4.79 Å². The lowest BCUT2D eigenvalue weighted by molar-refractivity contribution is 0.199. The van der Waals surface area contributed by atoms with Crippen molar-refractivity contribution in [2.24, 2.45) is 5.73 Å². The van der Waals surface area contributed by atoms with Crippen molar-refractivity contribution in [1.29, 1.82) is 0 Å². The van der Waals surface area contributed by atoms with E-state index in [1.165, 1.54) is 0 Å². The van der Waals surface area contributed by atoms with E-state index < -0.39 is 0 Å². The first-order valence-corrected chi connectivity index (χ1v) is 5.48. The zero-order chi connectivity index (χ0) is 12.0. The number of nitrogens with one attached hydrogen (secondary N) is 1. The average molecular weight is 221 g/mol. The molecule has 0 atom stereocenters. The first-order valence-electron chi connectivity index (χ1n) is 5.48. The molecule has 1 aromatic rings. The summed E-state index contributed by atoms with van der Waals surface area (Å²) < 4.78 is 0. The predicted octanol–water partition coefficient (Wildman–Crippen LogP) is 1.89. The Kier molecular flexibility index (Phi) is 4.79. The van der Waals surface area contributed by atoms with Gasteiger partial charge in [0.05, 0.1) is 0 Å². The standard InChI is InChI=1S/C12H19N3O/c1-10(2)15(9-8-13)12(16)14-11-6-4-3-5-7-11/h3-7,10H,8-9,13H2,1-2H3,(H,14,16). The van der Waals surface area contributed by atoms with E-state index in [-0.39, 0.29) is 12.1 Å². The van der Waals surface area contributed by atoms with Gasteiger partial charge in [-0.3, -0.25) is 0 Å². The van der Waals surface area contributed by atoms with Gasteiger partial charge in [0.1, 0.15) is 0 Å². The SMILES string of the molecule is CC(C)N(CCN)C(=O)Nc1ccccc1. The third kappa shape index (κ3) is 3.55. The Bertz CT molecular complexity index is 324. The molecular weight excluding hydrogens is 202 g/mol. The molecule has 0 saturated heterocycles. The van der Waals surface area contributed by atoms with Crippen LogP contribution in [0.1, 0.15) is 13.8 Å². The van der Waals surface area contributed by atoms with Crippen LogP contribution in [0.4, 0.5) is 10.5 Å². The quantitative estimate of drug-likeness (QED) is 0.815. The van der Waals surface area contributed by atoms with Crippen LogP contribution in [0.15, 0.2) is 30.3 Å². The molecule has 0 aliphatic heterocycles. The van der Waals surface area contributed by atoms with Gasteiger partial charge < -0.3 is 16.0 Å². The molecule has 0 aliphatic rings. The highest BCUT2D eigenvalue weighted by Crippen LogP contribution is 2.08. The number of nitrogens with two attached hydrogens (primary N) is 1. The molecule has 0 aliphatic carbocycles. The van der Waals surface area contributed by atoms with Crippen LogP contribution >= 0.6 is 0 Å². The number of carbonyl (C=O) groups is 1. The molecule has 16 heavy (non-hydrogen) atoms. The van der Waals surface area contributed by atoms with E-state index in [4.69, 9.17) is 5.73 Å². The smallest absolute Gasteiger partial charge is 0.322 e. The van der Waals surface area contributed by atoms with Crippen LogP contribution in [-0.2, 0) is 0 Å². The molecule has 4 nitrogen and oxygen atoms in total. The van der Waals surface area contributed by atoms with Gasteiger partial charge in [0.25, 0.3) is 0 Å². The van der Waals surface area contributed by atoms with Gasteiger partial charge >= 0.3 is 6.03 Å². The number of hydrogen-bond acceptors (Lipinski definition) is 2. The van der Waals surface area contributed by atoms with Crippen LogP contribution in [0.3, 0.4) is 0 Å². The van der Waals surface area contributed by atoms with Crippen molar-refractivity contribution in [3.8, 4) is 0 Å². The normalized spacial score (nSPS) is 10.2. The summed E-state index contributed by atoms with van der Waals surface area (Å²) in [6, 6.07) is 9.45. The van der Waals surface area contributed by atoms with Crippen LogP contribution in [-0.4, -0.2) is 30.1 Å². The van der Waals surface area contributed by atoms with Gasteiger partial charge in [-0.15, -0.1) is 0 Å². The molecular formula is C12H19N3O. The largest absolute Gasteiger partial charge is 0.329 e. The third-order valence-corrected chi connectivity index (χ3v) is 2.28. The van der Waals surface area contributed by atoms with Crippen LogP contribution in [0, 0.1) is 0 Å². The molecule has 1 rings (SSSR count). The Hall–Kier alpha value is -1.55. The number of para-hydroxylation sites is 1. The molecule has 0 saturated carbocycles. The number of carbonyl (C=O) groups excluding carboxylic acids is 1. The maximum atomic E-state index is 11.9. The van der Waals surface area contributed by atoms with Gasteiger partial charge in [-0.25, -0.2) is 4.79 Å². The molecule has 0 spiro atoms. The highest BCUT2D eigenvalue weighted by molar-refractivity contribution is 5.89. The summed E-state index contributed by atoms with van der Waals surface area (Å²) in [5.74, 6) is 0. The maximum Gasteiger partial charge on any atom is 0.322 e. The second kappa shape index (κ2) is 6.12. The minimum Gasteiger partial charge on any atom is -0.329 e. The van der Waals surface area contributed by atoms with Crippen molar-refractivity contribution in [1.82, 2.24) is 4.90 Å². The lowest BCUT2D eigenvalue weighted by Gasteiger charge is -2.26. The van der Waals surface area contributed by atoms with Crippen LogP contribution < -0.4 is 11.1 Å². The fourth-order valence-electron chi connectivity index (χ4n) is 1.45. The number of benzene rings is 1. The zero-order valence-electron chi connectivity index (χ0n) is 9.81. The highest BCUT2D eigenvalue weighted by Gasteiger charge is 2.15. The van der Waals surface area contributed by atoms with Gasteiger partial charge in [-0.1, -0.05) is 18.2 Å². The fraction of sp³-hybridized carbons (Fsp3) is 0.417. The van der Waals surface area contributed by atoms with Crippen molar-refractivity contribution in [2.45, 2.75) is 19.9 Å². The highest BCUT2D eigenvalue weighted by atomic mass is 16.2. The summed E-state index contributed by atoms with van der Waals surface area (Å²) in [7, 11) is 0. The van der Waals surface area contributed by atoms with E-state index >= 15 is 0 Å². The molecule has 3 N–H and O–H groups in total. The summed E-state index contributed by atoms with van der Waals surface area (Å²) >= 11 is 0. The topological polar surface area (TPSA) is 58.4 Å². The lowest BCUT2D eigenvalue weighted by Crippen LogP contribution is -2.42. The Morgan fingerprint density at radius 1 is 1.38 bits per heavy atom. The minimum absolute atomic E-state index is 0.105. The second-order valence-electron chi connectivity index (χ2n) is 3.87. The first kappa shape index (κ1) is 12.5. The van der Waals surface area contributed by atoms with E-state index in [1.54, 1.807) is 4.90 Å². The Morgan fingerprint density at radius 2 is 2.00 bits per heavy atom.